The fourth-order valence-electron chi connectivity index (χ4n) is 2.92. The van der Waals surface area contributed by atoms with E-state index in [2.05, 4.69) is 35.1 Å². The van der Waals surface area contributed by atoms with Crippen LogP contribution in [0.4, 0.5) is 0 Å². The van der Waals surface area contributed by atoms with E-state index in [1.807, 2.05) is 0 Å². The molecule has 0 fully saturated rings. The van der Waals surface area contributed by atoms with E-state index in [1.165, 1.54) is 25.3 Å². The molecule has 3 heterocycles. The summed E-state index contributed by atoms with van der Waals surface area (Å²) in [5, 5.41) is 34.9. The van der Waals surface area contributed by atoms with Gasteiger partial charge in [0.05, 0.1) is 33.1 Å². The van der Waals surface area contributed by atoms with Crippen molar-refractivity contribution in [2.24, 2.45) is 0 Å². The van der Waals surface area contributed by atoms with Gasteiger partial charge in [-0.2, -0.15) is 0 Å². The smallest absolute Gasteiger partial charge is 0.360 e. The fraction of sp³-hybridized carbons (Fsp3) is 0.333. The molecule has 0 aliphatic heterocycles. The molecule has 5 N–H and O–H groups in total. The van der Waals surface area contributed by atoms with Crippen molar-refractivity contribution in [3.63, 3.8) is 0 Å². The normalized spacial score (nSPS) is 13.5. The number of amides is 1. The number of esters is 2. The zero-order valence-corrected chi connectivity index (χ0v) is 19.1. The molecule has 15 nitrogen and oxygen atoms in total. The van der Waals surface area contributed by atoms with E-state index in [-0.39, 0.29) is 34.6 Å². The number of hydrogen-bond donors (Lipinski definition) is 5. The predicted molar refractivity (Wildman–Crippen MR) is 115 cm³/mol. The summed E-state index contributed by atoms with van der Waals surface area (Å²) in [6, 6.07) is 2.10. The Morgan fingerprint density at radius 2 is 1.44 bits per heavy atom. The number of nitrogens with one attached hydrogen (secondary N) is 2. The van der Waals surface area contributed by atoms with Gasteiger partial charge in [0.15, 0.2) is 11.4 Å². The average Bonchev–Trinajstić information content (AvgIpc) is 3.60. The molecule has 15 heteroatoms. The second-order valence-electron chi connectivity index (χ2n) is 7.09. The lowest BCUT2D eigenvalue weighted by Gasteiger charge is -2.18. The number of aliphatic hydroxyl groups excluding tert-OH is 3. The Morgan fingerprint density at radius 1 is 0.889 bits per heavy atom. The number of carbonyl (C=O) groups excluding carboxylic acids is 3. The maximum atomic E-state index is 12.7. The third kappa shape index (κ3) is 6.08. The summed E-state index contributed by atoms with van der Waals surface area (Å²) in [5.41, 5.74) is -0.387. The summed E-state index contributed by atoms with van der Waals surface area (Å²) in [6.07, 6.45) is 0.586. The lowest BCUT2D eigenvalue weighted by molar-refractivity contribution is 0.0585. The van der Waals surface area contributed by atoms with Crippen LogP contribution >= 0.6 is 0 Å². The maximum absolute atomic E-state index is 12.7. The highest BCUT2D eigenvalue weighted by Crippen LogP contribution is 2.18. The molecule has 3 aromatic heterocycles. The van der Waals surface area contributed by atoms with Crippen molar-refractivity contribution in [1.82, 2.24) is 25.6 Å². The molecular formula is C21H23N5O10. The maximum Gasteiger partial charge on any atom is 0.360 e. The van der Waals surface area contributed by atoms with Crippen molar-refractivity contribution < 1.29 is 48.0 Å². The first-order chi connectivity index (χ1) is 17.3. The van der Waals surface area contributed by atoms with Crippen LogP contribution in [0.2, 0.25) is 0 Å². The van der Waals surface area contributed by atoms with Gasteiger partial charge in [-0.1, -0.05) is 6.07 Å². The van der Waals surface area contributed by atoms with Crippen LogP contribution in [0.3, 0.4) is 0 Å². The highest BCUT2D eigenvalue weighted by molar-refractivity contribution is 5.92. The lowest BCUT2D eigenvalue weighted by Crippen LogP contribution is -2.33. The van der Waals surface area contributed by atoms with Crippen molar-refractivity contribution >= 4 is 17.8 Å². The zero-order chi connectivity index (χ0) is 26.2. The number of oxazole rings is 2. The minimum Gasteiger partial charge on any atom is -0.464 e. The van der Waals surface area contributed by atoms with E-state index >= 15 is 0 Å². The number of aromatic nitrogens is 3. The number of ether oxygens (including phenoxy) is 2. The Balaban J connectivity index is 1.70. The van der Waals surface area contributed by atoms with Gasteiger partial charge in [-0.3, -0.25) is 10.1 Å². The van der Waals surface area contributed by atoms with Gasteiger partial charge >= 0.3 is 11.9 Å². The minimum absolute atomic E-state index is 0.00509. The number of hydrogen-bond acceptors (Lipinski definition) is 14. The Kier molecular flexibility index (Phi) is 8.80. The molecule has 3 atom stereocenters. The molecule has 0 saturated heterocycles. The molecule has 36 heavy (non-hydrogen) atoms. The predicted octanol–water partition coefficient (Wildman–Crippen LogP) is -0.592. The largest absolute Gasteiger partial charge is 0.464 e. The quantitative estimate of drug-likeness (QED) is 0.162. The first-order valence-corrected chi connectivity index (χ1v) is 10.3. The van der Waals surface area contributed by atoms with E-state index in [0.717, 1.165) is 19.6 Å². The molecule has 3 rings (SSSR count). The van der Waals surface area contributed by atoms with Crippen LogP contribution < -0.4 is 10.6 Å². The molecule has 0 aromatic carbocycles. The molecule has 3 unspecified atom stereocenters. The molecule has 0 radical (unpaired) electrons. The van der Waals surface area contributed by atoms with Crippen LogP contribution in [0, 0.1) is 0 Å². The first-order valence-electron chi connectivity index (χ1n) is 10.3. The Bertz CT molecular complexity index is 1210. The van der Waals surface area contributed by atoms with E-state index in [0.29, 0.717) is 0 Å². The summed E-state index contributed by atoms with van der Waals surface area (Å²) in [6.45, 7) is -1.15. The summed E-state index contributed by atoms with van der Waals surface area (Å²) in [7, 11) is 2.34. The third-order valence-corrected chi connectivity index (χ3v) is 4.74. The van der Waals surface area contributed by atoms with Gasteiger partial charge in [0.25, 0.3) is 5.91 Å². The van der Waals surface area contributed by atoms with Crippen LogP contribution in [0.1, 0.15) is 67.3 Å². The molecule has 3 aromatic rings. The lowest BCUT2D eigenvalue weighted by atomic mass is 10.2. The first kappa shape index (κ1) is 26.4. The van der Waals surface area contributed by atoms with Crippen molar-refractivity contribution in [2.45, 2.75) is 18.3 Å². The van der Waals surface area contributed by atoms with Crippen molar-refractivity contribution in [3.05, 3.63) is 65.3 Å². The fourth-order valence-corrected chi connectivity index (χ4v) is 2.92. The monoisotopic (exact) mass is 505 g/mol. The summed E-state index contributed by atoms with van der Waals surface area (Å²) in [5.74, 6) is -2.46. The van der Waals surface area contributed by atoms with Gasteiger partial charge in [0, 0.05) is 0 Å². The second kappa shape index (κ2) is 12.0. The second-order valence-corrected chi connectivity index (χ2v) is 7.09. The number of aliphatic hydroxyl groups is 3. The number of pyridine rings is 1. The minimum atomic E-state index is -1.48. The number of methoxy groups -OCH3 is 2. The van der Waals surface area contributed by atoms with Gasteiger partial charge in [-0.05, 0) is 12.1 Å². The number of nitrogens with zero attached hydrogens (tertiary/aromatic N) is 3. The number of carbonyl (C=O) groups is 3. The molecule has 1 amide bonds. The molecule has 0 aliphatic carbocycles. The van der Waals surface area contributed by atoms with E-state index in [9.17, 15) is 29.7 Å². The highest BCUT2D eigenvalue weighted by Gasteiger charge is 2.25. The Morgan fingerprint density at radius 3 is 1.97 bits per heavy atom. The summed E-state index contributed by atoms with van der Waals surface area (Å²) in [4.78, 5) is 47.7. The van der Waals surface area contributed by atoms with Gasteiger partial charge in [-0.15, -0.1) is 0 Å². The number of rotatable bonds is 11. The van der Waals surface area contributed by atoms with Crippen molar-refractivity contribution in [2.75, 3.05) is 27.4 Å². The van der Waals surface area contributed by atoms with Crippen molar-refractivity contribution in [3.8, 4) is 0 Å². The van der Waals surface area contributed by atoms with Crippen molar-refractivity contribution in [1.29, 1.82) is 0 Å². The molecule has 0 bridgehead atoms. The molecule has 192 valence electrons. The van der Waals surface area contributed by atoms with Crippen LogP contribution in [0.15, 0.2) is 39.6 Å². The van der Waals surface area contributed by atoms with E-state index < -0.39 is 49.4 Å². The highest BCUT2D eigenvalue weighted by atomic mass is 16.5. The van der Waals surface area contributed by atoms with Crippen LogP contribution in [0.25, 0.3) is 0 Å². The summed E-state index contributed by atoms with van der Waals surface area (Å²) >= 11 is 0. The third-order valence-electron chi connectivity index (χ3n) is 4.74. The topological polar surface area (TPSA) is 219 Å². The Hall–Kier alpha value is -4.18. The molecule has 0 saturated carbocycles. The van der Waals surface area contributed by atoms with Gasteiger partial charge in [0.2, 0.25) is 11.8 Å². The summed E-state index contributed by atoms with van der Waals surface area (Å²) < 4.78 is 19.4. The average molecular weight is 505 g/mol. The molecular weight excluding hydrogens is 482 g/mol. The van der Waals surface area contributed by atoms with Gasteiger partial charge in [-0.25, -0.2) is 24.5 Å². The zero-order valence-electron chi connectivity index (χ0n) is 19.1. The van der Waals surface area contributed by atoms with Gasteiger partial charge in [0.1, 0.15) is 36.5 Å². The van der Waals surface area contributed by atoms with Crippen LogP contribution in [-0.4, -0.2) is 75.6 Å². The van der Waals surface area contributed by atoms with Gasteiger partial charge < -0.3 is 38.9 Å². The van der Waals surface area contributed by atoms with Crippen LogP contribution in [-0.2, 0) is 9.47 Å². The standard InChI is InChI=1S/C21H23N5O10/c1-33-20(31)14-8-35-18(25-14)12(6-27)23-16(29)10-4-3-5-11(22-10)17(30)24-13(7-28)19-26-15(9-36-19)21(32)34-2/h3-5,8-9,12-13,16,23,27-29H,6-7H2,1-2H3,(H,24,30). The molecule has 0 aliphatic rings. The Labute approximate surface area is 203 Å². The SMILES string of the molecule is COC(=O)c1coc(C(CO)NC(=O)c2cccc(C(O)NC(CO)c3nc(C(=O)OC)co3)n2)n1. The molecule has 0 spiro atoms. The van der Waals surface area contributed by atoms with E-state index in [1.54, 1.807) is 0 Å². The van der Waals surface area contributed by atoms with Crippen LogP contribution in [0.5, 0.6) is 0 Å². The van der Waals surface area contributed by atoms with E-state index in [4.69, 9.17) is 8.83 Å².